The fraction of sp³-hybridized carbons (Fsp3) is 0.286. The van der Waals surface area contributed by atoms with Crippen LogP contribution in [-0.4, -0.2) is 15.0 Å². The molecule has 0 amide bonds. The van der Waals surface area contributed by atoms with Gasteiger partial charge in [0, 0.05) is 18.7 Å². The van der Waals surface area contributed by atoms with Crippen LogP contribution in [0.4, 0.5) is 4.39 Å². The van der Waals surface area contributed by atoms with Crippen molar-refractivity contribution in [2.75, 3.05) is 6.54 Å². The quantitative estimate of drug-likeness (QED) is 0.820. The molecule has 1 aromatic heterocycles. The lowest BCUT2D eigenvalue weighted by molar-refractivity contribution is 0.552. The molecule has 0 unspecified atom stereocenters. The molecule has 0 aliphatic carbocycles. The monoisotopic (exact) mass is 312 g/mol. The van der Waals surface area contributed by atoms with Gasteiger partial charge in [0.1, 0.15) is 10.7 Å². The average Bonchev–Trinajstić information content (AvgIpc) is 2.97. The zero-order valence-corrected chi connectivity index (χ0v) is 12.4. The molecule has 2 rings (SSSR count). The predicted molar refractivity (Wildman–Crippen MR) is 76.5 cm³/mol. The van der Waals surface area contributed by atoms with Crippen molar-refractivity contribution in [2.24, 2.45) is 0 Å². The fourth-order valence-corrected chi connectivity index (χ4v) is 2.93. The maximum atomic E-state index is 13.8. The van der Waals surface area contributed by atoms with Crippen molar-refractivity contribution < 1.29 is 17.2 Å². The Hall–Kier alpha value is -1.70. The number of hydrogen-bond acceptors (Lipinski definition) is 4. The normalized spacial score (nSPS) is 11.7. The van der Waals surface area contributed by atoms with Gasteiger partial charge < -0.3 is 9.73 Å². The van der Waals surface area contributed by atoms with Crippen molar-refractivity contribution in [1.29, 1.82) is 0 Å². The van der Waals surface area contributed by atoms with E-state index in [-0.39, 0.29) is 11.4 Å². The average molecular weight is 312 g/mol. The van der Waals surface area contributed by atoms with E-state index in [1.807, 2.05) is 6.92 Å². The third-order valence-corrected chi connectivity index (χ3v) is 4.33. The fourth-order valence-electron chi connectivity index (χ4n) is 1.78. The molecule has 0 aliphatic rings. The SMILES string of the molecule is CCNCc1ccc(F)c(S(=O)(=O)NCc2ccoc2)c1. The maximum Gasteiger partial charge on any atom is 0.243 e. The van der Waals surface area contributed by atoms with Crippen molar-refractivity contribution in [3.05, 3.63) is 53.7 Å². The van der Waals surface area contributed by atoms with E-state index in [1.54, 1.807) is 12.1 Å². The van der Waals surface area contributed by atoms with Crippen LogP contribution in [0.3, 0.4) is 0 Å². The van der Waals surface area contributed by atoms with Gasteiger partial charge in [0.25, 0.3) is 0 Å². The summed E-state index contributed by atoms with van der Waals surface area (Å²) in [5.41, 5.74) is 1.38. The molecule has 2 N–H and O–H groups in total. The first-order valence-electron chi connectivity index (χ1n) is 6.53. The van der Waals surface area contributed by atoms with Crippen LogP contribution in [0.5, 0.6) is 0 Å². The van der Waals surface area contributed by atoms with Crippen LogP contribution in [0, 0.1) is 5.82 Å². The van der Waals surface area contributed by atoms with Gasteiger partial charge in [-0.05, 0) is 30.3 Å². The molecule has 0 bridgehead atoms. The van der Waals surface area contributed by atoms with Gasteiger partial charge in [-0.15, -0.1) is 0 Å². The van der Waals surface area contributed by atoms with Crippen LogP contribution >= 0.6 is 0 Å². The molecular formula is C14H17FN2O3S. The topological polar surface area (TPSA) is 71.3 Å². The number of benzene rings is 1. The first kappa shape index (κ1) is 15.7. The summed E-state index contributed by atoms with van der Waals surface area (Å²) in [4.78, 5) is -0.346. The molecule has 0 fully saturated rings. The van der Waals surface area contributed by atoms with Crippen molar-refractivity contribution in [1.82, 2.24) is 10.0 Å². The van der Waals surface area contributed by atoms with Crippen LogP contribution in [0.25, 0.3) is 0 Å². The summed E-state index contributed by atoms with van der Waals surface area (Å²) >= 11 is 0. The van der Waals surface area contributed by atoms with E-state index in [4.69, 9.17) is 4.42 Å². The first-order valence-corrected chi connectivity index (χ1v) is 8.01. The molecule has 0 spiro atoms. The number of furan rings is 1. The zero-order valence-electron chi connectivity index (χ0n) is 11.6. The maximum absolute atomic E-state index is 13.8. The highest BCUT2D eigenvalue weighted by Crippen LogP contribution is 2.17. The summed E-state index contributed by atoms with van der Waals surface area (Å²) in [6.07, 6.45) is 2.88. The van der Waals surface area contributed by atoms with E-state index in [0.29, 0.717) is 17.7 Å². The second-order valence-corrected chi connectivity index (χ2v) is 6.24. The third kappa shape index (κ3) is 4.13. The number of hydrogen-bond donors (Lipinski definition) is 2. The van der Waals surface area contributed by atoms with Gasteiger partial charge in [-0.3, -0.25) is 0 Å². The molecule has 21 heavy (non-hydrogen) atoms. The Morgan fingerprint density at radius 3 is 2.67 bits per heavy atom. The molecule has 7 heteroatoms. The molecule has 0 radical (unpaired) electrons. The minimum atomic E-state index is -3.91. The molecule has 2 aromatic rings. The first-order chi connectivity index (χ1) is 10.0. The summed E-state index contributed by atoms with van der Waals surface area (Å²) in [6.45, 7) is 3.22. The summed E-state index contributed by atoms with van der Waals surface area (Å²) in [5, 5.41) is 3.07. The van der Waals surface area contributed by atoms with E-state index >= 15 is 0 Å². The van der Waals surface area contributed by atoms with E-state index in [0.717, 1.165) is 6.54 Å². The highest BCUT2D eigenvalue weighted by Gasteiger charge is 2.19. The smallest absolute Gasteiger partial charge is 0.243 e. The Balaban J connectivity index is 2.17. The Labute approximate surface area is 123 Å². The lowest BCUT2D eigenvalue weighted by Gasteiger charge is -2.09. The number of rotatable bonds is 7. The van der Waals surface area contributed by atoms with Crippen LogP contribution in [0.15, 0.2) is 46.1 Å². The van der Waals surface area contributed by atoms with Gasteiger partial charge in [0.2, 0.25) is 10.0 Å². The van der Waals surface area contributed by atoms with Crippen molar-refractivity contribution in [3.63, 3.8) is 0 Å². The second-order valence-electron chi connectivity index (χ2n) is 4.50. The Morgan fingerprint density at radius 1 is 1.19 bits per heavy atom. The highest BCUT2D eigenvalue weighted by molar-refractivity contribution is 7.89. The Bertz CT molecular complexity index is 684. The molecule has 0 saturated heterocycles. The minimum absolute atomic E-state index is 0.0513. The highest BCUT2D eigenvalue weighted by atomic mass is 32.2. The summed E-state index contributed by atoms with van der Waals surface area (Å²) in [6, 6.07) is 5.71. The Morgan fingerprint density at radius 2 is 2.00 bits per heavy atom. The number of nitrogens with one attached hydrogen (secondary N) is 2. The molecule has 5 nitrogen and oxygen atoms in total. The second kappa shape index (κ2) is 6.84. The van der Waals surface area contributed by atoms with Gasteiger partial charge in [-0.25, -0.2) is 17.5 Å². The van der Waals surface area contributed by atoms with Crippen molar-refractivity contribution in [2.45, 2.75) is 24.9 Å². The standard InChI is InChI=1S/C14H17FN2O3S/c1-2-16-8-11-3-4-13(15)14(7-11)21(18,19)17-9-12-5-6-20-10-12/h3-7,10,16-17H,2,8-9H2,1H3. The molecule has 0 saturated carbocycles. The summed E-state index contributed by atoms with van der Waals surface area (Å²) in [7, 11) is -3.91. The van der Waals surface area contributed by atoms with Gasteiger partial charge in [0.05, 0.1) is 12.5 Å². The van der Waals surface area contributed by atoms with Crippen molar-refractivity contribution >= 4 is 10.0 Å². The summed E-state index contributed by atoms with van der Waals surface area (Å²) < 4.78 is 45.3. The van der Waals surface area contributed by atoms with E-state index < -0.39 is 15.8 Å². The van der Waals surface area contributed by atoms with Crippen LogP contribution in [-0.2, 0) is 23.1 Å². The summed E-state index contributed by atoms with van der Waals surface area (Å²) in [5.74, 6) is -0.769. The molecular weight excluding hydrogens is 295 g/mol. The zero-order chi connectivity index (χ0) is 15.3. The number of halogens is 1. The van der Waals surface area contributed by atoms with Crippen LogP contribution in [0.1, 0.15) is 18.1 Å². The number of sulfonamides is 1. The third-order valence-electron chi connectivity index (χ3n) is 2.91. The Kier molecular flexibility index (Phi) is 5.11. The van der Waals surface area contributed by atoms with Gasteiger partial charge >= 0.3 is 0 Å². The molecule has 0 aliphatic heterocycles. The lowest BCUT2D eigenvalue weighted by atomic mass is 10.2. The predicted octanol–water partition coefficient (Wildman–Crippen LogP) is 2.01. The minimum Gasteiger partial charge on any atom is -0.472 e. The van der Waals surface area contributed by atoms with E-state index in [1.165, 1.54) is 24.7 Å². The molecule has 0 atom stereocenters. The molecule has 1 heterocycles. The van der Waals surface area contributed by atoms with Gasteiger partial charge in [-0.2, -0.15) is 0 Å². The molecule has 114 valence electrons. The van der Waals surface area contributed by atoms with E-state index in [2.05, 4.69) is 10.0 Å². The van der Waals surface area contributed by atoms with E-state index in [9.17, 15) is 12.8 Å². The van der Waals surface area contributed by atoms with Crippen LogP contribution in [0.2, 0.25) is 0 Å². The van der Waals surface area contributed by atoms with Gasteiger partial charge in [-0.1, -0.05) is 13.0 Å². The lowest BCUT2D eigenvalue weighted by Crippen LogP contribution is -2.24. The van der Waals surface area contributed by atoms with Crippen LogP contribution < -0.4 is 10.0 Å². The largest absolute Gasteiger partial charge is 0.472 e. The molecule has 1 aromatic carbocycles. The van der Waals surface area contributed by atoms with Gasteiger partial charge in [0.15, 0.2) is 0 Å². The van der Waals surface area contributed by atoms with Crippen molar-refractivity contribution in [3.8, 4) is 0 Å².